The highest BCUT2D eigenvalue weighted by atomic mass is 16.5. The molecule has 0 spiro atoms. The van der Waals surface area contributed by atoms with Gasteiger partial charge in [0.25, 0.3) is 0 Å². The fraction of sp³-hybridized carbons (Fsp3) is 0.500. The van der Waals surface area contributed by atoms with Crippen LogP contribution in [0.5, 0.6) is 5.75 Å². The molecule has 2 N–H and O–H groups in total. The number of carbonyl (C=O) groups is 1. The van der Waals surface area contributed by atoms with Gasteiger partial charge in [0.05, 0.1) is 6.54 Å². The summed E-state index contributed by atoms with van der Waals surface area (Å²) in [6.45, 7) is 5.72. The van der Waals surface area contributed by atoms with Gasteiger partial charge in [0.15, 0.2) is 0 Å². The second kappa shape index (κ2) is 5.87. The third kappa shape index (κ3) is 3.23. The van der Waals surface area contributed by atoms with E-state index in [1.165, 1.54) is 11.1 Å². The predicted octanol–water partition coefficient (Wildman–Crippen LogP) is 1.02. The van der Waals surface area contributed by atoms with Crippen molar-refractivity contribution < 1.29 is 9.53 Å². The number of aryl methyl sites for hydroxylation is 1. The van der Waals surface area contributed by atoms with Crippen LogP contribution in [0.25, 0.3) is 0 Å². The number of rotatable bonds is 5. The summed E-state index contributed by atoms with van der Waals surface area (Å²) in [5.41, 5.74) is 2.52. The lowest BCUT2D eigenvalue weighted by molar-refractivity contribution is -0.120. The van der Waals surface area contributed by atoms with Crippen LogP contribution in [-0.4, -0.2) is 31.6 Å². The molecular weight excluding hydrogens is 228 g/mol. The van der Waals surface area contributed by atoms with Gasteiger partial charge in [-0.05, 0) is 25.5 Å². The summed E-state index contributed by atoms with van der Waals surface area (Å²) in [4.78, 5) is 11.3. The molecule has 1 aromatic carbocycles. The molecular formula is C14H20N2O2. The Bertz CT molecular complexity index is 432. The smallest absolute Gasteiger partial charge is 0.233 e. The summed E-state index contributed by atoms with van der Waals surface area (Å²) in [5.74, 6) is 1.01. The molecule has 18 heavy (non-hydrogen) atoms. The van der Waals surface area contributed by atoms with E-state index in [0.29, 0.717) is 19.6 Å². The highest BCUT2D eigenvalue weighted by Gasteiger charge is 2.22. The molecule has 0 aromatic heterocycles. The molecule has 1 atom stereocenters. The number of hydrogen-bond donors (Lipinski definition) is 2. The summed E-state index contributed by atoms with van der Waals surface area (Å²) in [6.07, 6.45) is 1.05. The van der Waals surface area contributed by atoms with Crippen LogP contribution < -0.4 is 15.4 Å². The van der Waals surface area contributed by atoms with E-state index in [4.69, 9.17) is 4.74 Å². The van der Waals surface area contributed by atoms with Crippen LogP contribution in [0.3, 0.4) is 0 Å². The summed E-state index contributed by atoms with van der Waals surface area (Å²) in [7, 11) is 0. The van der Waals surface area contributed by atoms with Gasteiger partial charge in [0.1, 0.15) is 11.9 Å². The Labute approximate surface area is 108 Å². The number of carbonyl (C=O) groups excluding carboxylic acids is 1. The minimum absolute atomic E-state index is 0.0313. The second-order valence-electron chi connectivity index (χ2n) is 4.64. The van der Waals surface area contributed by atoms with Crippen molar-refractivity contribution in [1.82, 2.24) is 10.6 Å². The van der Waals surface area contributed by atoms with Gasteiger partial charge in [0.2, 0.25) is 5.91 Å². The second-order valence-corrected chi connectivity index (χ2v) is 4.64. The Hall–Kier alpha value is -1.55. The number of nitrogens with one attached hydrogen (secondary N) is 2. The van der Waals surface area contributed by atoms with Crippen molar-refractivity contribution in [2.24, 2.45) is 0 Å². The SMILES string of the molecule is CCNC(=O)CNCC1Cc2cc(C)ccc2O1. The Morgan fingerprint density at radius 3 is 3.11 bits per heavy atom. The van der Waals surface area contributed by atoms with Gasteiger partial charge in [-0.3, -0.25) is 4.79 Å². The normalized spacial score (nSPS) is 17.1. The average Bonchev–Trinajstić information content (AvgIpc) is 2.71. The molecule has 1 aliphatic rings. The molecule has 0 bridgehead atoms. The zero-order chi connectivity index (χ0) is 13.0. The van der Waals surface area contributed by atoms with E-state index in [1.54, 1.807) is 0 Å². The van der Waals surface area contributed by atoms with Gasteiger partial charge >= 0.3 is 0 Å². The largest absolute Gasteiger partial charge is 0.488 e. The average molecular weight is 248 g/mol. The molecule has 0 saturated heterocycles. The predicted molar refractivity (Wildman–Crippen MR) is 70.9 cm³/mol. The van der Waals surface area contributed by atoms with Gasteiger partial charge in [0, 0.05) is 19.5 Å². The minimum atomic E-state index is 0.0313. The van der Waals surface area contributed by atoms with Crippen molar-refractivity contribution in [2.75, 3.05) is 19.6 Å². The third-order valence-corrected chi connectivity index (χ3v) is 2.99. The lowest BCUT2D eigenvalue weighted by atomic mass is 10.1. The maximum absolute atomic E-state index is 11.3. The van der Waals surface area contributed by atoms with E-state index < -0.39 is 0 Å². The molecule has 0 aliphatic carbocycles. The zero-order valence-corrected chi connectivity index (χ0v) is 11.0. The highest BCUT2D eigenvalue weighted by Crippen LogP contribution is 2.29. The van der Waals surface area contributed by atoms with Gasteiger partial charge in [-0.1, -0.05) is 17.7 Å². The van der Waals surface area contributed by atoms with E-state index in [2.05, 4.69) is 29.7 Å². The van der Waals surface area contributed by atoms with Crippen LogP contribution >= 0.6 is 0 Å². The first kappa shape index (κ1) is 12.9. The van der Waals surface area contributed by atoms with Crippen molar-refractivity contribution in [3.05, 3.63) is 29.3 Å². The fourth-order valence-corrected chi connectivity index (χ4v) is 2.17. The van der Waals surface area contributed by atoms with Crippen molar-refractivity contribution >= 4 is 5.91 Å². The van der Waals surface area contributed by atoms with Crippen LogP contribution in [0.15, 0.2) is 18.2 Å². The Morgan fingerprint density at radius 2 is 2.33 bits per heavy atom. The standard InChI is InChI=1S/C14H20N2O2/c1-3-16-14(17)9-15-8-12-7-11-6-10(2)4-5-13(11)18-12/h4-6,12,15H,3,7-9H2,1-2H3,(H,16,17). The quantitative estimate of drug-likeness (QED) is 0.818. The molecule has 1 aliphatic heterocycles. The molecule has 0 radical (unpaired) electrons. The lowest BCUT2D eigenvalue weighted by Gasteiger charge is -2.11. The van der Waals surface area contributed by atoms with E-state index >= 15 is 0 Å². The topological polar surface area (TPSA) is 50.4 Å². The molecule has 0 fully saturated rings. The van der Waals surface area contributed by atoms with E-state index in [0.717, 1.165) is 12.2 Å². The third-order valence-electron chi connectivity index (χ3n) is 2.99. The summed E-state index contributed by atoms with van der Waals surface area (Å²) in [6, 6.07) is 6.25. The molecule has 1 unspecified atom stereocenters. The van der Waals surface area contributed by atoms with E-state index in [9.17, 15) is 4.79 Å². The summed E-state index contributed by atoms with van der Waals surface area (Å²) < 4.78 is 5.81. The molecule has 0 saturated carbocycles. The maximum Gasteiger partial charge on any atom is 0.233 e. The van der Waals surface area contributed by atoms with Crippen LogP contribution in [0.1, 0.15) is 18.1 Å². The number of fused-ring (bicyclic) bond motifs is 1. The zero-order valence-electron chi connectivity index (χ0n) is 11.0. The molecule has 4 nitrogen and oxygen atoms in total. The summed E-state index contributed by atoms with van der Waals surface area (Å²) in [5, 5.41) is 5.88. The Balaban J connectivity index is 1.76. The first-order valence-electron chi connectivity index (χ1n) is 6.42. The Kier molecular flexibility index (Phi) is 4.20. The minimum Gasteiger partial charge on any atom is -0.488 e. The van der Waals surface area contributed by atoms with Gasteiger partial charge in [-0.25, -0.2) is 0 Å². The van der Waals surface area contributed by atoms with Gasteiger partial charge < -0.3 is 15.4 Å². The molecule has 1 aromatic rings. The van der Waals surface area contributed by atoms with Crippen LogP contribution in [0, 0.1) is 6.92 Å². The van der Waals surface area contributed by atoms with Gasteiger partial charge in [-0.15, -0.1) is 0 Å². The number of hydrogen-bond acceptors (Lipinski definition) is 3. The molecule has 98 valence electrons. The number of amides is 1. The van der Waals surface area contributed by atoms with E-state index in [1.807, 2.05) is 13.0 Å². The van der Waals surface area contributed by atoms with Crippen molar-refractivity contribution in [3.63, 3.8) is 0 Å². The maximum atomic E-state index is 11.3. The fourth-order valence-electron chi connectivity index (χ4n) is 2.17. The summed E-state index contributed by atoms with van der Waals surface area (Å²) >= 11 is 0. The molecule has 4 heteroatoms. The van der Waals surface area contributed by atoms with Crippen LogP contribution in [-0.2, 0) is 11.2 Å². The number of ether oxygens (including phenoxy) is 1. The van der Waals surface area contributed by atoms with Crippen LogP contribution in [0.4, 0.5) is 0 Å². The van der Waals surface area contributed by atoms with Crippen molar-refractivity contribution in [3.8, 4) is 5.75 Å². The number of likely N-dealkylation sites (N-methyl/N-ethyl adjacent to an activating group) is 1. The lowest BCUT2D eigenvalue weighted by Crippen LogP contribution is -2.38. The first-order valence-corrected chi connectivity index (χ1v) is 6.42. The Morgan fingerprint density at radius 1 is 1.50 bits per heavy atom. The molecule has 2 rings (SSSR count). The highest BCUT2D eigenvalue weighted by molar-refractivity contribution is 5.77. The first-order chi connectivity index (χ1) is 8.69. The van der Waals surface area contributed by atoms with Gasteiger partial charge in [-0.2, -0.15) is 0 Å². The monoisotopic (exact) mass is 248 g/mol. The molecule has 1 heterocycles. The van der Waals surface area contributed by atoms with Crippen molar-refractivity contribution in [1.29, 1.82) is 0 Å². The van der Waals surface area contributed by atoms with Crippen LogP contribution in [0.2, 0.25) is 0 Å². The number of benzene rings is 1. The van der Waals surface area contributed by atoms with E-state index in [-0.39, 0.29) is 12.0 Å². The van der Waals surface area contributed by atoms with Crippen molar-refractivity contribution in [2.45, 2.75) is 26.4 Å². The molecule has 1 amide bonds.